The molecule has 4 nitrogen and oxygen atoms in total. The molecule has 0 fully saturated rings. The van der Waals surface area contributed by atoms with E-state index in [1.165, 1.54) is 24.1 Å². The van der Waals surface area contributed by atoms with E-state index in [4.69, 9.17) is 0 Å². The number of anilines is 1. The number of nitrogens with one attached hydrogen (secondary N) is 2. The molecule has 0 saturated heterocycles. The first-order chi connectivity index (χ1) is 12.1. The molecule has 25 heavy (non-hydrogen) atoms. The third kappa shape index (κ3) is 2.94. The number of carbonyl (C=O) groups excluding carboxylic acids is 1. The van der Waals surface area contributed by atoms with E-state index in [-0.39, 0.29) is 5.91 Å². The van der Waals surface area contributed by atoms with Crippen LogP contribution in [-0.2, 0) is 12.8 Å². The molecule has 4 rings (SSSR count). The van der Waals surface area contributed by atoms with Crippen molar-refractivity contribution in [1.82, 2.24) is 4.98 Å². The molecule has 1 atom stereocenters. The Morgan fingerprint density at radius 2 is 1.96 bits per heavy atom. The van der Waals surface area contributed by atoms with Gasteiger partial charge in [0.1, 0.15) is 0 Å². The third-order valence-electron chi connectivity index (χ3n) is 5.02. The highest BCUT2D eigenvalue weighted by Gasteiger charge is 2.17. The summed E-state index contributed by atoms with van der Waals surface area (Å²) in [5.74, 6) is -0.152. The first kappa shape index (κ1) is 15.9. The van der Waals surface area contributed by atoms with E-state index in [2.05, 4.69) is 10.3 Å². The Hall–Kier alpha value is -2.59. The largest absolute Gasteiger partial charge is 0.389 e. The monoisotopic (exact) mass is 334 g/mol. The van der Waals surface area contributed by atoms with Crippen molar-refractivity contribution in [3.8, 4) is 0 Å². The summed E-state index contributed by atoms with van der Waals surface area (Å²) in [7, 11) is 0. The van der Waals surface area contributed by atoms with Gasteiger partial charge in [-0.3, -0.25) is 4.79 Å². The van der Waals surface area contributed by atoms with Crippen LogP contribution in [0.3, 0.4) is 0 Å². The van der Waals surface area contributed by atoms with Gasteiger partial charge in [0.15, 0.2) is 0 Å². The van der Waals surface area contributed by atoms with Crippen LogP contribution in [0.4, 0.5) is 5.69 Å². The summed E-state index contributed by atoms with van der Waals surface area (Å²) in [6.45, 7) is 1.70. The highest BCUT2D eigenvalue weighted by molar-refractivity contribution is 6.07. The maximum absolute atomic E-state index is 12.7. The zero-order valence-electron chi connectivity index (χ0n) is 14.3. The SMILES string of the molecule is CC(O)c1ccccc1NC(=O)c1ccc2[nH]c3c(c2c1)CCCC3. The normalized spacial score (nSPS) is 15.0. The lowest BCUT2D eigenvalue weighted by Crippen LogP contribution is -2.14. The Bertz CT molecular complexity index is 940. The molecule has 128 valence electrons. The Kier molecular flexibility index (Phi) is 4.06. The molecule has 0 aliphatic heterocycles. The summed E-state index contributed by atoms with van der Waals surface area (Å²) >= 11 is 0. The minimum Gasteiger partial charge on any atom is -0.389 e. The van der Waals surface area contributed by atoms with E-state index in [1.54, 1.807) is 6.92 Å². The van der Waals surface area contributed by atoms with E-state index in [0.717, 1.165) is 29.3 Å². The predicted octanol–water partition coefficient (Wildman–Crippen LogP) is 4.35. The van der Waals surface area contributed by atoms with E-state index in [9.17, 15) is 9.90 Å². The van der Waals surface area contributed by atoms with E-state index in [0.29, 0.717) is 11.3 Å². The summed E-state index contributed by atoms with van der Waals surface area (Å²) in [5.41, 5.74) is 5.79. The molecule has 0 bridgehead atoms. The minimum atomic E-state index is -0.629. The molecule has 3 N–H and O–H groups in total. The van der Waals surface area contributed by atoms with E-state index < -0.39 is 6.10 Å². The van der Waals surface area contributed by atoms with Gasteiger partial charge in [-0.15, -0.1) is 0 Å². The first-order valence-corrected chi connectivity index (χ1v) is 8.85. The maximum Gasteiger partial charge on any atom is 0.255 e. The van der Waals surface area contributed by atoms with Gasteiger partial charge in [0.05, 0.1) is 6.10 Å². The molecule has 0 saturated carbocycles. The zero-order chi connectivity index (χ0) is 17.4. The molecule has 1 heterocycles. The lowest BCUT2D eigenvalue weighted by Gasteiger charge is -2.13. The van der Waals surface area contributed by atoms with Gasteiger partial charge in [-0.2, -0.15) is 0 Å². The van der Waals surface area contributed by atoms with Crippen LogP contribution in [-0.4, -0.2) is 16.0 Å². The second-order valence-corrected chi connectivity index (χ2v) is 6.77. The first-order valence-electron chi connectivity index (χ1n) is 8.85. The number of carbonyl (C=O) groups is 1. The van der Waals surface area contributed by atoms with Gasteiger partial charge in [0.2, 0.25) is 0 Å². The second-order valence-electron chi connectivity index (χ2n) is 6.77. The molecule has 1 aliphatic rings. The Balaban J connectivity index is 1.67. The van der Waals surface area contributed by atoms with Crippen molar-refractivity contribution in [2.75, 3.05) is 5.32 Å². The number of fused-ring (bicyclic) bond motifs is 3. The van der Waals surface area contributed by atoms with Gasteiger partial charge >= 0.3 is 0 Å². The van der Waals surface area contributed by atoms with Crippen molar-refractivity contribution in [2.45, 2.75) is 38.7 Å². The van der Waals surface area contributed by atoms with Crippen molar-refractivity contribution >= 4 is 22.5 Å². The molecule has 0 spiro atoms. The average Bonchev–Trinajstić information content (AvgIpc) is 2.99. The third-order valence-corrected chi connectivity index (χ3v) is 5.02. The Labute approximate surface area is 146 Å². The molecule has 1 aromatic heterocycles. The number of amides is 1. The van der Waals surface area contributed by atoms with Crippen molar-refractivity contribution in [3.63, 3.8) is 0 Å². The van der Waals surface area contributed by atoms with Crippen LogP contribution in [0.1, 0.15) is 53.0 Å². The highest BCUT2D eigenvalue weighted by atomic mass is 16.3. The van der Waals surface area contributed by atoms with Crippen LogP contribution < -0.4 is 5.32 Å². The zero-order valence-corrected chi connectivity index (χ0v) is 14.3. The van der Waals surface area contributed by atoms with Crippen LogP contribution in [0.15, 0.2) is 42.5 Å². The lowest BCUT2D eigenvalue weighted by atomic mass is 9.95. The Morgan fingerprint density at radius 1 is 1.16 bits per heavy atom. The van der Waals surface area contributed by atoms with Crippen LogP contribution in [0, 0.1) is 0 Å². The average molecular weight is 334 g/mol. The molecule has 1 amide bonds. The summed E-state index contributed by atoms with van der Waals surface area (Å²) in [5, 5.41) is 14.0. The number of aryl methyl sites for hydroxylation is 2. The summed E-state index contributed by atoms with van der Waals surface area (Å²) in [6, 6.07) is 13.2. The fourth-order valence-electron chi connectivity index (χ4n) is 3.72. The number of aliphatic hydroxyl groups is 1. The number of aromatic amines is 1. The number of para-hydroxylation sites is 1. The minimum absolute atomic E-state index is 0.152. The number of hydrogen-bond donors (Lipinski definition) is 3. The van der Waals surface area contributed by atoms with Gasteiger partial charge in [-0.25, -0.2) is 0 Å². The summed E-state index contributed by atoms with van der Waals surface area (Å²) < 4.78 is 0. The summed E-state index contributed by atoms with van der Waals surface area (Å²) in [6.07, 6.45) is 3.97. The number of benzene rings is 2. The molecular weight excluding hydrogens is 312 g/mol. The second kappa shape index (κ2) is 6.37. The molecule has 1 aliphatic carbocycles. The number of aliphatic hydroxyl groups excluding tert-OH is 1. The van der Waals surface area contributed by atoms with Crippen molar-refractivity contribution in [1.29, 1.82) is 0 Å². The molecule has 1 unspecified atom stereocenters. The van der Waals surface area contributed by atoms with Gasteiger partial charge in [0, 0.05) is 33.4 Å². The number of hydrogen-bond acceptors (Lipinski definition) is 2. The van der Waals surface area contributed by atoms with Gasteiger partial charge in [-0.05, 0) is 62.4 Å². The Morgan fingerprint density at radius 3 is 2.80 bits per heavy atom. The van der Waals surface area contributed by atoms with Crippen LogP contribution in [0.2, 0.25) is 0 Å². The number of H-pyrrole nitrogens is 1. The maximum atomic E-state index is 12.7. The van der Waals surface area contributed by atoms with Crippen LogP contribution in [0.5, 0.6) is 0 Å². The van der Waals surface area contributed by atoms with E-state index in [1.807, 2.05) is 42.5 Å². The van der Waals surface area contributed by atoms with Crippen molar-refractivity contribution < 1.29 is 9.90 Å². The smallest absolute Gasteiger partial charge is 0.255 e. The topological polar surface area (TPSA) is 65.1 Å². The number of rotatable bonds is 3. The van der Waals surface area contributed by atoms with Gasteiger partial charge in [-0.1, -0.05) is 18.2 Å². The van der Waals surface area contributed by atoms with Gasteiger partial charge in [0.25, 0.3) is 5.91 Å². The highest BCUT2D eigenvalue weighted by Crippen LogP contribution is 2.30. The molecule has 0 radical (unpaired) electrons. The summed E-state index contributed by atoms with van der Waals surface area (Å²) in [4.78, 5) is 16.2. The quantitative estimate of drug-likeness (QED) is 0.666. The van der Waals surface area contributed by atoms with Crippen molar-refractivity contribution in [2.24, 2.45) is 0 Å². The lowest BCUT2D eigenvalue weighted by molar-refractivity contribution is 0.102. The molecule has 2 aromatic carbocycles. The van der Waals surface area contributed by atoms with Crippen molar-refractivity contribution in [3.05, 3.63) is 64.8 Å². The van der Waals surface area contributed by atoms with Gasteiger partial charge < -0.3 is 15.4 Å². The van der Waals surface area contributed by atoms with Crippen LogP contribution >= 0.6 is 0 Å². The predicted molar refractivity (Wildman–Crippen MR) is 100.0 cm³/mol. The molecular formula is C21H22N2O2. The standard InChI is InChI=1S/C21H22N2O2/c1-13(24)15-6-2-4-8-18(15)23-21(25)14-10-11-20-17(12-14)16-7-3-5-9-19(16)22-20/h2,4,6,8,10-13,22,24H,3,5,7,9H2,1H3,(H,23,25). The van der Waals surface area contributed by atoms with E-state index >= 15 is 0 Å². The fourth-order valence-corrected chi connectivity index (χ4v) is 3.72. The fraction of sp³-hybridized carbons (Fsp3) is 0.286. The molecule has 3 aromatic rings. The van der Waals surface area contributed by atoms with Crippen LogP contribution in [0.25, 0.3) is 10.9 Å². The molecule has 4 heteroatoms. The number of aromatic nitrogens is 1.